The maximum atomic E-state index is 14.2. The Morgan fingerprint density at radius 1 is 1.27 bits per heavy atom. The molecule has 0 spiro atoms. The molecule has 40 heavy (non-hydrogen) atoms. The fourth-order valence-electron chi connectivity index (χ4n) is 4.74. The summed E-state index contributed by atoms with van der Waals surface area (Å²) in [6.07, 6.45) is 3.49. The van der Waals surface area contributed by atoms with Crippen molar-refractivity contribution in [3.05, 3.63) is 58.5 Å². The number of benzene rings is 1. The zero-order valence-corrected chi connectivity index (χ0v) is 22.8. The molecular weight excluding hydrogens is 520 g/mol. The lowest BCUT2D eigenvalue weighted by Crippen LogP contribution is -2.45. The van der Waals surface area contributed by atoms with Crippen molar-refractivity contribution in [3.8, 4) is 6.07 Å². The topological polar surface area (TPSA) is 128 Å². The molecule has 0 saturated carbocycles. The van der Waals surface area contributed by atoms with E-state index in [0.717, 1.165) is 56.2 Å². The number of rotatable bonds is 16. The number of aliphatic carboxylic acids is 1. The number of pyridine rings is 1. The smallest absolute Gasteiger partial charge is 0.326 e. The lowest BCUT2D eigenvalue weighted by Gasteiger charge is -2.27. The Bertz CT molecular complexity index is 1190. The van der Waals surface area contributed by atoms with Crippen LogP contribution in [0.15, 0.2) is 30.3 Å². The number of carbonyl (C=O) groups is 2. The van der Waals surface area contributed by atoms with Crippen LogP contribution in [0, 0.1) is 17.1 Å². The van der Waals surface area contributed by atoms with Crippen LogP contribution in [-0.4, -0.2) is 79.0 Å². The molecule has 11 heteroatoms. The van der Waals surface area contributed by atoms with E-state index in [-0.39, 0.29) is 30.6 Å². The van der Waals surface area contributed by atoms with E-state index >= 15 is 0 Å². The third-order valence-corrected chi connectivity index (χ3v) is 7.02. The zero-order chi connectivity index (χ0) is 28.9. The number of carboxylic acid groups (broad SMARTS) is 1. The van der Waals surface area contributed by atoms with Crippen LogP contribution in [0.4, 0.5) is 14.6 Å². The number of carbonyl (C=O) groups excluding carboxylic acids is 1. The highest BCUT2D eigenvalue weighted by Crippen LogP contribution is 2.20. The number of aromatic nitrogens is 1. The molecule has 0 fully saturated rings. The minimum absolute atomic E-state index is 0.0203. The first-order chi connectivity index (χ1) is 19.3. The molecular formula is C29H37F2N5O4. The molecule has 1 aliphatic rings. The second-order valence-corrected chi connectivity index (χ2v) is 9.91. The summed E-state index contributed by atoms with van der Waals surface area (Å²) in [6.45, 7) is 1.39. The minimum atomic E-state index is -1.23. The van der Waals surface area contributed by atoms with Gasteiger partial charge in [-0.3, -0.25) is 4.79 Å². The SMILES string of the molecule is COC(CF)CN(CCCCc1ccc2c(n1)NCCC2)CCC(NC(=O)Cc1c(F)cccc1C#N)C(=O)O. The quantitative estimate of drug-likeness (QED) is 0.269. The molecule has 0 aliphatic carbocycles. The van der Waals surface area contributed by atoms with Crippen LogP contribution >= 0.6 is 0 Å². The van der Waals surface area contributed by atoms with Crippen molar-refractivity contribution in [2.24, 2.45) is 0 Å². The van der Waals surface area contributed by atoms with E-state index in [1.54, 1.807) is 0 Å². The average Bonchev–Trinajstić information content (AvgIpc) is 2.96. The van der Waals surface area contributed by atoms with Gasteiger partial charge in [0.05, 0.1) is 24.2 Å². The Labute approximate surface area is 233 Å². The molecule has 1 aromatic carbocycles. The number of ether oxygens (including phenoxy) is 1. The standard InChI is InChI=1S/C29H37F2N5O4/c1-40-23(17-30)19-36(14-3-2-8-22-11-10-20-7-5-13-33-28(20)34-22)15-12-26(29(38)39)35-27(37)16-24-21(18-32)6-4-9-25(24)31/h4,6,9-11,23,26H,2-3,5,7-8,12-17,19H2,1H3,(H,33,34)(H,35,37)(H,38,39). The van der Waals surface area contributed by atoms with Crippen molar-refractivity contribution >= 4 is 17.7 Å². The third kappa shape index (κ3) is 9.24. The van der Waals surface area contributed by atoms with Crippen LogP contribution < -0.4 is 10.6 Å². The number of nitrogens with one attached hydrogen (secondary N) is 2. The highest BCUT2D eigenvalue weighted by atomic mass is 19.1. The van der Waals surface area contributed by atoms with E-state index < -0.39 is 42.9 Å². The molecule has 0 bridgehead atoms. The van der Waals surface area contributed by atoms with Gasteiger partial charge >= 0.3 is 5.97 Å². The minimum Gasteiger partial charge on any atom is -0.480 e. The van der Waals surface area contributed by atoms with Crippen molar-refractivity contribution in [1.82, 2.24) is 15.2 Å². The first-order valence-electron chi connectivity index (χ1n) is 13.6. The number of hydrogen-bond donors (Lipinski definition) is 3. The van der Waals surface area contributed by atoms with E-state index in [9.17, 15) is 28.7 Å². The number of aryl methyl sites for hydroxylation is 2. The molecule has 216 valence electrons. The van der Waals surface area contributed by atoms with E-state index in [1.165, 1.54) is 24.8 Å². The van der Waals surface area contributed by atoms with Crippen molar-refractivity contribution in [2.45, 2.75) is 57.1 Å². The molecule has 2 aromatic rings. The number of amides is 1. The van der Waals surface area contributed by atoms with Gasteiger partial charge in [0.15, 0.2) is 0 Å². The highest BCUT2D eigenvalue weighted by molar-refractivity contribution is 5.85. The average molecular weight is 558 g/mol. The van der Waals surface area contributed by atoms with Gasteiger partial charge in [0.1, 0.15) is 24.4 Å². The molecule has 0 saturated heterocycles. The van der Waals surface area contributed by atoms with Crippen molar-refractivity contribution in [3.63, 3.8) is 0 Å². The number of alkyl halides is 1. The highest BCUT2D eigenvalue weighted by Gasteiger charge is 2.23. The maximum Gasteiger partial charge on any atom is 0.326 e. The second kappa shape index (κ2) is 15.8. The lowest BCUT2D eigenvalue weighted by atomic mass is 10.0. The largest absolute Gasteiger partial charge is 0.480 e. The van der Waals surface area contributed by atoms with E-state index in [1.807, 2.05) is 11.0 Å². The van der Waals surface area contributed by atoms with Crippen LogP contribution in [0.5, 0.6) is 0 Å². The number of halogens is 2. The van der Waals surface area contributed by atoms with Gasteiger partial charge in [0.2, 0.25) is 5.91 Å². The van der Waals surface area contributed by atoms with Gasteiger partial charge < -0.3 is 25.4 Å². The summed E-state index contributed by atoms with van der Waals surface area (Å²) in [5.74, 6) is -1.68. The number of anilines is 1. The zero-order valence-electron chi connectivity index (χ0n) is 22.8. The predicted octanol–water partition coefficient (Wildman–Crippen LogP) is 3.26. The molecule has 1 amide bonds. The number of methoxy groups -OCH3 is 1. The fourth-order valence-corrected chi connectivity index (χ4v) is 4.74. The van der Waals surface area contributed by atoms with Gasteiger partial charge in [-0.2, -0.15) is 5.26 Å². The summed E-state index contributed by atoms with van der Waals surface area (Å²) in [4.78, 5) is 31.1. The van der Waals surface area contributed by atoms with Crippen LogP contribution in [0.1, 0.15) is 48.1 Å². The Morgan fingerprint density at radius 3 is 2.83 bits per heavy atom. The Hall–Kier alpha value is -3.62. The monoisotopic (exact) mass is 557 g/mol. The molecule has 2 heterocycles. The summed E-state index contributed by atoms with van der Waals surface area (Å²) >= 11 is 0. The Morgan fingerprint density at radius 2 is 2.10 bits per heavy atom. The van der Waals surface area contributed by atoms with Gasteiger partial charge in [-0.05, 0) is 68.8 Å². The van der Waals surface area contributed by atoms with Crippen LogP contribution in [0.3, 0.4) is 0 Å². The lowest BCUT2D eigenvalue weighted by molar-refractivity contribution is -0.142. The maximum absolute atomic E-state index is 14.2. The second-order valence-electron chi connectivity index (χ2n) is 9.91. The van der Waals surface area contributed by atoms with E-state index in [4.69, 9.17) is 9.72 Å². The number of fused-ring (bicyclic) bond motifs is 1. The molecule has 3 rings (SSSR count). The van der Waals surface area contributed by atoms with E-state index in [0.29, 0.717) is 6.54 Å². The molecule has 3 N–H and O–H groups in total. The van der Waals surface area contributed by atoms with Gasteiger partial charge in [-0.25, -0.2) is 18.6 Å². The van der Waals surface area contributed by atoms with Crippen LogP contribution in [-0.2, 0) is 33.6 Å². The normalized spacial score (nSPS) is 14.1. The van der Waals surface area contributed by atoms with Crippen molar-refractivity contribution < 1.29 is 28.2 Å². The van der Waals surface area contributed by atoms with Gasteiger partial charge in [-0.15, -0.1) is 0 Å². The van der Waals surface area contributed by atoms with Crippen molar-refractivity contribution in [1.29, 1.82) is 5.26 Å². The number of nitrogens with zero attached hydrogens (tertiary/aromatic N) is 3. The van der Waals surface area contributed by atoms with E-state index in [2.05, 4.69) is 22.8 Å². The van der Waals surface area contributed by atoms with Gasteiger partial charge in [0.25, 0.3) is 0 Å². The Balaban J connectivity index is 1.54. The summed E-state index contributed by atoms with van der Waals surface area (Å²) < 4.78 is 32.8. The molecule has 0 radical (unpaired) electrons. The fraction of sp³-hybridized carbons (Fsp3) is 0.517. The predicted molar refractivity (Wildman–Crippen MR) is 146 cm³/mol. The molecule has 1 aliphatic heterocycles. The third-order valence-electron chi connectivity index (χ3n) is 7.02. The number of nitriles is 1. The summed E-state index contributed by atoms with van der Waals surface area (Å²) in [7, 11) is 1.43. The Kier molecular flexibility index (Phi) is 12.2. The summed E-state index contributed by atoms with van der Waals surface area (Å²) in [5, 5.41) is 24.7. The summed E-state index contributed by atoms with van der Waals surface area (Å²) in [6, 6.07) is 8.69. The van der Waals surface area contributed by atoms with Gasteiger partial charge in [0, 0.05) is 38.0 Å². The van der Waals surface area contributed by atoms with Gasteiger partial charge in [-0.1, -0.05) is 12.1 Å². The molecule has 2 atom stereocenters. The molecule has 9 nitrogen and oxygen atoms in total. The first kappa shape index (κ1) is 30.9. The molecule has 1 aromatic heterocycles. The van der Waals surface area contributed by atoms with Crippen LogP contribution in [0.25, 0.3) is 0 Å². The first-order valence-corrected chi connectivity index (χ1v) is 13.6. The van der Waals surface area contributed by atoms with Crippen LogP contribution in [0.2, 0.25) is 0 Å². The van der Waals surface area contributed by atoms with Crippen molar-refractivity contribution in [2.75, 3.05) is 45.3 Å². The molecule has 2 unspecified atom stereocenters. The summed E-state index contributed by atoms with van der Waals surface area (Å²) in [5.41, 5.74) is 2.18. The number of hydrogen-bond acceptors (Lipinski definition) is 7. The number of carboxylic acids is 1. The number of unbranched alkanes of at least 4 members (excludes halogenated alkanes) is 1.